The third-order valence-corrected chi connectivity index (χ3v) is 1.81. The van der Waals surface area contributed by atoms with Gasteiger partial charge in [0.05, 0.1) is 6.61 Å². The molecule has 0 aromatic carbocycles. The second-order valence-corrected chi connectivity index (χ2v) is 3.41. The molecule has 0 fully saturated rings. The zero-order valence-electron chi connectivity index (χ0n) is 9.93. The van der Waals surface area contributed by atoms with E-state index in [9.17, 15) is 0 Å². The van der Waals surface area contributed by atoms with Crippen molar-refractivity contribution in [2.75, 3.05) is 13.2 Å². The number of likely N-dealkylation sites (N-methyl/N-ethyl adjacent to an activating group) is 1. The Kier molecular flexibility index (Phi) is 14.1. The molecule has 0 radical (unpaired) electrons. The average Bonchev–Trinajstić information content (AvgIpc) is 2.15. The summed E-state index contributed by atoms with van der Waals surface area (Å²) in [6.07, 6.45) is 2.28. The summed E-state index contributed by atoms with van der Waals surface area (Å²) >= 11 is 0. The molecule has 1 unspecified atom stereocenters. The van der Waals surface area contributed by atoms with Crippen molar-refractivity contribution in [3.63, 3.8) is 0 Å². The van der Waals surface area contributed by atoms with Crippen LogP contribution in [-0.2, 0) is 0 Å². The topological polar surface area (TPSA) is 32.3 Å². The van der Waals surface area contributed by atoms with Gasteiger partial charge >= 0.3 is 0 Å². The molecule has 0 saturated carbocycles. The van der Waals surface area contributed by atoms with E-state index in [-0.39, 0.29) is 6.61 Å². The minimum absolute atomic E-state index is 0.264. The molecule has 0 aliphatic carbocycles. The summed E-state index contributed by atoms with van der Waals surface area (Å²) in [4.78, 5) is 0. The van der Waals surface area contributed by atoms with E-state index in [1.54, 1.807) is 0 Å². The van der Waals surface area contributed by atoms with Crippen LogP contribution in [0.2, 0.25) is 0 Å². The molecule has 0 heterocycles. The zero-order valence-corrected chi connectivity index (χ0v) is 9.93. The van der Waals surface area contributed by atoms with Crippen molar-refractivity contribution in [3.05, 3.63) is 0 Å². The van der Waals surface area contributed by atoms with E-state index in [0.717, 1.165) is 18.9 Å². The molecule has 0 bridgehead atoms. The van der Waals surface area contributed by atoms with E-state index in [4.69, 9.17) is 5.11 Å². The minimum Gasteiger partial charge on any atom is -0.395 e. The first kappa shape index (κ1) is 15.4. The van der Waals surface area contributed by atoms with Gasteiger partial charge in [0, 0.05) is 6.04 Å². The number of hydrogen-bond acceptors (Lipinski definition) is 2. The summed E-state index contributed by atoms with van der Waals surface area (Å²) < 4.78 is 0. The first-order valence-corrected chi connectivity index (χ1v) is 5.55. The standard InChI is InChI=1S/C9H21NO.C2H6/c1-4-10-9(7-11)6-5-8(2)3;1-2/h8-11H,4-7H2,1-3H3;1-2H3. The second kappa shape index (κ2) is 11.9. The molecule has 0 aliphatic rings. The first-order chi connectivity index (χ1) is 6.20. The van der Waals surface area contributed by atoms with Gasteiger partial charge in [0.1, 0.15) is 0 Å². The van der Waals surface area contributed by atoms with Gasteiger partial charge in [-0.25, -0.2) is 0 Å². The van der Waals surface area contributed by atoms with Crippen molar-refractivity contribution in [3.8, 4) is 0 Å². The molecule has 0 aliphatic heterocycles. The Morgan fingerprint density at radius 2 is 1.69 bits per heavy atom. The van der Waals surface area contributed by atoms with Crippen LogP contribution in [0.15, 0.2) is 0 Å². The van der Waals surface area contributed by atoms with Crippen LogP contribution >= 0.6 is 0 Å². The second-order valence-electron chi connectivity index (χ2n) is 3.41. The normalized spacial score (nSPS) is 12.2. The van der Waals surface area contributed by atoms with Gasteiger partial charge in [-0.3, -0.25) is 0 Å². The van der Waals surface area contributed by atoms with Crippen LogP contribution in [0.25, 0.3) is 0 Å². The van der Waals surface area contributed by atoms with E-state index in [1.807, 2.05) is 13.8 Å². The van der Waals surface area contributed by atoms with Gasteiger partial charge in [-0.05, 0) is 25.3 Å². The van der Waals surface area contributed by atoms with E-state index < -0.39 is 0 Å². The summed E-state index contributed by atoms with van der Waals surface area (Å²) in [5, 5.41) is 12.1. The first-order valence-electron chi connectivity index (χ1n) is 5.55. The fourth-order valence-corrected chi connectivity index (χ4v) is 1.08. The van der Waals surface area contributed by atoms with Gasteiger partial charge < -0.3 is 10.4 Å². The summed E-state index contributed by atoms with van der Waals surface area (Å²) in [7, 11) is 0. The van der Waals surface area contributed by atoms with Crippen molar-refractivity contribution in [2.24, 2.45) is 5.92 Å². The summed E-state index contributed by atoms with van der Waals surface area (Å²) in [6.45, 7) is 11.7. The van der Waals surface area contributed by atoms with Crippen LogP contribution in [-0.4, -0.2) is 24.3 Å². The lowest BCUT2D eigenvalue weighted by atomic mass is 10.0. The van der Waals surface area contributed by atoms with Gasteiger partial charge in [-0.15, -0.1) is 0 Å². The van der Waals surface area contributed by atoms with Crippen LogP contribution in [0.4, 0.5) is 0 Å². The number of aliphatic hydroxyl groups is 1. The van der Waals surface area contributed by atoms with Crippen LogP contribution in [0.5, 0.6) is 0 Å². The molecule has 2 nitrogen and oxygen atoms in total. The Bertz CT molecular complexity index is 84.2. The zero-order chi connectivity index (χ0) is 10.7. The van der Waals surface area contributed by atoms with Crippen LogP contribution in [0.1, 0.15) is 47.5 Å². The highest BCUT2D eigenvalue weighted by atomic mass is 16.3. The highest BCUT2D eigenvalue weighted by Crippen LogP contribution is 2.05. The van der Waals surface area contributed by atoms with Gasteiger partial charge in [-0.2, -0.15) is 0 Å². The lowest BCUT2D eigenvalue weighted by Gasteiger charge is -2.15. The van der Waals surface area contributed by atoms with E-state index in [1.165, 1.54) is 6.42 Å². The maximum Gasteiger partial charge on any atom is 0.0584 e. The number of aliphatic hydroxyl groups excluding tert-OH is 1. The minimum atomic E-state index is 0.264. The predicted molar refractivity (Wildman–Crippen MR) is 60.0 cm³/mol. The van der Waals surface area contributed by atoms with E-state index in [2.05, 4.69) is 26.1 Å². The monoisotopic (exact) mass is 189 g/mol. The molecule has 0 spiro atoms. The van der Waals surface area contributed by atoms with E-state index >= 15 is 0 Å². The van der Waals surface area contributed by atoms with Crippen LogP contribution < -0.4 is 5.32 Å². The largest absolute Gasteiger partial charge is 0.395 e. The molecule has 0 saturated heterocycles. The molecule has 2 N–H and O–H groups in total. The number of hydrogen-bond donors (Lipinski definition) is 2. The predicted octanol–water partition coefficient (Wildman–Crippen LogP) is 2.42. The lowest BCUT2D eigenvalue weighted by Crippen LogP contribution is -2.32. The van der Waals surface area contributed by atoms with Gasteiger partial charge in [-0.1, -0.05) is 34.6 Å². The van der Waals surface area contributed by atoms with E-state index in [0.29, 0.717) is 6.04 Å². The van der Waals surface area contributed by atoms with Crippen molar-refractivity contribution in [1.29, 1.82) is 0 Å². The van der Waals surface area contributed by atoms with Crippen molar-refractivity contribution >= 4 is 0 Å². The molecule has 0 rings (SSSR count). The van der Waals surface area contributed by atoms with Crippen molar-refractivity contribution in [1.82, 2.24) is 5.32 Å². The van der Waals surface area contributed by atoms with Crippen LogP contribution in [0, 0.1) is 5.92 Å². The third-order valence-electron chi connectivity index (χ3n) is 1.81. The third kappa shape index (κ3) is 11.9. The van der Waals surface area contributed by atoms with Gasteiger partial charge in [0.25, 0.3) is 0 Å². The van der Waals surface area contributed by atoms with Gasteiger partial charge in [0.15, 0.2) is 0 Å². The lowest BCUT2D eigenvalue weighted by molar-refractivity contribution is 0.231. The molecular formula is C11H27NO. The summed E-state index contributed by atoms with van der Waals surface area (Å²) in [5.41, 5.74) is 0. The molecule has 82 valence electrons. The summed E-state index contributed by atoms with van der Waals surface area (Å²) in [5.74, 6) is 0.739. The Labute approximate surface area is 83.7 Å². The highest BCUT2D eigenvalue weighted by Gasteiger charge is 2.05. The Morgan fingerprint density at radius 1 is 1.15 bits per heavy atom. The maximum absolute atomic E-state index is 8.91. The molecule has 0 amide bonds. The molecule has 2 heteroatoms. The molecular weight excluding hydrogens is 162 g/mol. The Balaban J connectivity index is 0. The smallest absolute Gasteiger partial charge is 0.0584 e. The fourth-order valence-electron chi connectivity index (χ4n) is 1.08. The molecule has 1 atom stereocenters. The quantitative estimate of drug-likeness (QED) is 0.672. The molecule has 13 heavy (non-hydrogen) atoms. The highest BCUT2D eigenvalue weighted by molar-refractivity contribution is 4.64. The number of rotatable bonds is 6. The Morgan fingerprint density at radius 3 is 2.00 bits per heavy atom. The van der Waals surface area contributed by atoms with Crippen LogP contribution in [0.3, 0.4) is 0 Å². The average molecular weight is 189 g/mol. The maximum atomic E-state index is 8.91. The number of nitrogens with one attached hydrogen (secondary N) is 1. The van der Waals surface area contributed by atoms with Gasteiger partial charge in [0.2, 0.25) is 0 Å². The SMILES string of the molecule is CC.CCNC(CO)CCC(C)C. The summed E-state index contributed by atoms with van der Waals surface area (Å²) in [6, 6.07) is 0.308. The Hall–Kier alpha value is -0.0800. The van der Waals surface area contributed by atoms with Crippen molar-refractivity contribution in [2.45, 2.75) is 53.5 Å². The fraction of sp³-hybridized carbons (Fsp3) is 1.00. The van der Waals surface area contributed by atoms with Crippen molar-refractivity contribution < 1.29 is 5.11 Å². The molecule has 0 aromatic rings. The molecule has 0 aromatic heterocycles.